The number of carbonyl (C=O) groups is 1. The van der Waals surface area contributed by atoms with Gasteiger partial charge in [0.15, 0.2) is 0 Å². The third-order valence-electron chi connectivity index (χ3n) is 7.19. The zero-order valence-corrected chi connectivity index (χ0v) is 26.6. The maximum absolute atomic E-state index is 13.5. The number of likely N-dealkylation sites (N-methyl/N-ethyl adjacent to an activating group) is 1. The lowest BCUT2D eigenvalue weighted by Gasteiger charge is -2.24. The summed E-state index contributed by atoms with van der Waals surface area (Å²) < 4.78 is 69.7. The SMILES string of the molecule is CN(C(Cc1ccccc1)C(=O)O)S(=O)(=O)c1ccc(-n2nc(-c3ccc(Cl)cc3)c(Br)c2-c2ccc(C(F)(F)F)cc2)cc1. The number of nitrogens with zero attached hydrogens (tertiary/aromatic N) is 3. The molecule has 45 heavy (non-hydrogen) atoms. The topological polar surface area (TPSA) is 92.5 Å². The van der Waals surface area contributed by atoms with Crippen molar-refractivity contribution in [3.63, 3.8) is 0 Å². The Labute approximate surface area is 270 Å². The molecule has 1 unspecified atom stereocenters. The Kier molecular flexibility index (Phi) is 9.22. The van der Waals surface area contributed by atoms with E-state index >= 15 is 0 Å². The van der Waals surface area contributed by atoms with E-state index in [0.29, 0.717) is 43.3 Å². The standard InChI is InChI=1S/C32H24BrClF3N3O4S/c1-39(27(31(41)42)19-20-5-3-2-4-6-20)45(43,44)26-17-15-25(16-18-26)40-30(22-7-11-23(12-8-22)32(35,36)37)28(33)29(38-40)21-9-13-24(34)14-10-21/h2-18,27H,19H2,1H3,(H,41,42). The molecule has 4 aromatic carbocycles. The molecule has 1 heterocycles. The van der Waals surface area contributed by atoms with E-state index in [9.17, 15) is 31.5 Å². The number of carboxylic acids is 1. The van der Waals surface area contributed by atoms with E-state index in [1.54, 1.807) is 54.6 Å². The lowest BCUT2D eigenvalue weighted by molar-refractivity contribution is -0.141. The van der Waals surface area contributed by atoms with E-state index in [1.165, 1.54) is 48.1 Å². The molecule has 7 nitrogen and oxygen atoms in total. The smallest absolute Gasteiger partial charge is 0.416 e. The van der Waals surface area contributed by atoms with Crippen LogP contribution in [0.25, 0.3) is 28.2 Å². The molecule has 0 spiro atoms. The van der Waals surface area contributed by atoms with Gasteiger partial charge in [0.2, 0.25) is 10.0 Å². The molecule has 0 fully saturated rings. The van der Waals surface area contributed by atoms with Gasteiger partial charge in [0, 0.05) is 23.2 Å². The highest BCUT2D eigenvalue weighted by atomic mass is 79.9. The Balaban J connectivity index is 1.54. The quantitative estimate of drug-likeness (QED) is 0.167. The Morgan fingerprint density at radius 1 is 0.933 bits per heavy atom. The summed E-state index contributed by atoms with van der Waals surface area (Å²) in [6, 6.07) is 24.5. The fraction of sp³-hybridized carbons (Fsp3) is 0.125. The summed E-state index contributed by atoms with van der Waals surface area (Å²) in [5.41, 5.74) is 2.27. The van der Waals surface area contributed by atoms with Gasteiger partial charge in [0.05, 0.1) is 26.3 Å². The molecule has 1 atom stereocenters. The van der Waals surface area contributed by atoms with Crippen LogP contribution in [0.4, 0.5) is 13.2 Å². The molecule has 0 saturated heterocycles. The van der Waals surface area contributed by atoms with Crippen LogP contribution in [0.1, 0.15) is 11.1 Å². The van der Waals surface area contributed by atoms with Crippen LogP contribution in [0.2, 0.25) is 5.02 Å². The van der Waals surface area contributed by atoms with Crippen LogP contribution in [-0.2, 0) is 27.4 Å². The van der Waals surface area contributed by atoms with Gasteiger partial charge in [-0.15, -0.1) is 0 Å². The van der Waals surface area contributed by atoms with E-state index in [4.69, 9.17) is 16.7 Å². The normalized spacial score (nSPS) is 12.8. The van der Waals surface area contributed by atoms with Gasteiger partial charge in [-0.2, -0.15) is 22.6 Å². The van der Waals surface area contributed by atoms with Crippen LogP contribution >= 0.6 is 27.5 Å². The molecule has 1 N–H and O–H groups in total. The number of alkyl halides is 3. The first-order chi connectivity index (χ1) is 21.3. The second-order valence-corrected chi connectivity index (χ2v) is 13.3. The first kappa shape index (κ1) is 32.4. The number of carboxylic acid groups (broad SMARTS) is 1. The Morgan fingerprint density at radius 3 is 2.07 bits per heavy atom. The first-order valence-electron chi connectivity index (χ1n) is 13.3. The van der Waals surface area contributed by atoms with Crippen molar-refractivity contribution in [2.24, 2.45) is 0 Å². The second kappa shape index (κ2) is 12.8. The average molecular weight is 719 g/mol. The summed E-state index contributed by atoms with van der Waals surface area (Å²) in [6.45, 7) is 0. The van der Waals surface area contributed by atoms with Crippen LogP contribution in [0, 0.1) is 0 Å². The molecule has 1 aromatic heterocycles. The average Bonchev–Trinajstić information content (AvgIpc) is 3.36. The highest BCUT2D eigenvalue weighted by molar-refractivity contribution is 9.10. The van der Waals surface area contributed by atoms with Crippen molar-refractivity contribution in [2.75, 3.05) is 7.05 Å². The monoisotopic (exact) mass is 717 g/mol. The predicted octanol–water partition coefficient (Wildman–Crippen LogP) is 7.96. The van der Waals surface area contributed by atoms with Crippen molar-refractivity contribution >= 4 is 43.5 Å². The highest BCUT2D eigenvalue weighted by Crippen LogP contribution is 2.40. The summed E-state index contributed by atoms with van der Waals surface area (Å²) in [7, 11) is -3.02. The maximum atomic E-state index is 13.5. The Bertz CT molecular complexity index is 1930. The molecular formula is C32H24BrClF3N3O4S. The molecule has 0 bridgehead atoms. The Morgan fingerprint density at radius 2 is 1.51 bits per heavy atom. The number of halogens is 5. The van der Waals surface area contributed by atoms with Gasteiger partial charge in [-0.3, -0.25) is 4.79 Å². The minimum Gasteiger partial charge on any atom is -0.480 e. The van der Waals surface area contributed by atoms with Crippen LogP contribution in [0.15, 0.2) is 112 Å². The molecule has 5 rings (SSSR count). The molecule has 0 radical (unpaired) electrons. The number of sulfonamides is 1. The van der Waals surface area contributed by atoms with Gasteiger partial charge in [-0.25, -0.2) is 13.1 Å². The minimum absolute atomic E-state index is 0.0325. The van der Waals surface area contributed by atoms with Gasteiger partial charge < -0.3 is 5.11 Å². The fourth-order valence-corrected chi connectivity index (χ4v) is 6.89. The van der Waals surface area contributed by atoms with Gasteiger partial charge in [-0.05, 0) is 76.4 Å². The number of hydrogen-bond acceptors (Lipinski definition) is 4. The molecule has 0 aliphatic heterocycles. The van der Waals surface area contributed by atoms with Gasteiger partial charge >= 0.3 is 12.1 Å². The number of aliphatic carboxylic acids is 1. The zero-order chi connectivity index (χ0) is 32.5. The molecule has 0 saturated carbocycles. The minimum atomic E-state index is -4.51. The van der Waals surface area contributed by atoms with Crippen molar-refractivity contribution in [1.82, 2.24) is 14.1 Å². The third kappa shape index (κ3) is 6.84. The molecular weight excluding hydrogens is 695 g/mol. The number of benzene rings is 4. The lowest BCUT2D eigenvalue weighted by Crippen LogP contribution is -2.43. The Hall–Kier alpha value is -3.97. The molecule has 13 heteroatoms. The zero-order valence-electron chi connectivity index (χ0n) is 23.4. The summed E-state index contributed by atoms with van der Waals surface area (Å²) in [5.74, 6) is -1.29. The van der Waals surface area contributed by atoms with Crippen molar-refractivity contribution in [2.45, 2.75) is 23.5 Å². The third-order valence-corrected chi connectivity index (χ3v) is 10.1. The summed E-state index contributed by atoms with van der Waals surface area (Å²) in [6.07, 6.45) is -4.55. The molecule has 5 aromatic rings. The van der Waals surface area contributed by atoms with E-state index in [0.717, 1.165) is 16.4 Å². The predicted molar refractivity (Wildman–Crippen MR) is 169 cm³/mol. The summed E-state index contributed by atoms with van der Waals surface area (Å²) >= 11 is 9.63. The highest BCUT2D eigenvalue weighted by Gasteiger charge is 2.33. The van der Waals surface area contributed by atoms with Gasteiger partial charge in [-0.1, -0.05) is 66.2 Å². The molecule has 0 aliphatic carbocycles. The first-order valence-corrected chi connectivity index (χ1v) is 16.0. The van der Waals surface area contributed by atoms with Crippen molar-refractivity contribution in [3.8, 4) is 28.2 Å². The van der Waals surface area contributed by atoms with Crippen LogP contribution in [-0.4, -0.2) is 46.7 Å². The summed E-state index contributed by atoms with van der Waals surface area (Å²) in [5, 5.41) is 15.1. The van der Waals surface area contributed by atoms with Crippen molar-refractivity contribution in [1.29, 1.82) is 0 Å². The van der Waals surface area contributed by atoms with Crippen molar-refractivity contribution in [3.05, 3.63) is 124 Å². The molecule has 0 aliphatic rings. The van der Waals surface area contributed by atoms with E-state index < -0.39 is 33.8 Å². The lowest BCUT2D eigenvalue weighted by atomic mass is 10.1. The molecule has 232 valence electrons. The van der Waals surface area contributed by atoms with Crippen LogP contribution in [0.3, 0.4) is 0 Å². The van der Waals surface area contributed by atoms with Crippen molar-refractivity contribution < 1.29 is 31.5 Å². The van der Waals surface area contributed by atoms with Gasteiger partial charge in [0.1, 0.15) is 11.7 Å². The number of aromatic nitrogens is 2. The second-order valence-electron chi connectivity index (χ2n) is 10.1. The number of rotatable bonds is 9. The fourth-order valence-electron chi connectivity index (χ4n) is 4.75. The largest absolute Gasteiger partial charge is 0.480 e. The van der Waals surface area contributed by atoms with Gasteiger partial charge in [0.25, 0.3) is 0 Å². The van der Waals surface area contributed by atoms with E-state index in [-0.39, 0.29) is 11.3 Å². The van der Waals surface area contributed by atoms with Crippen LogP contribution < -0.4 is 0 Å². The molecule has 0 amide bonds. The summed E-state index contributed by atoms with van der Waals surface area (Å²) in [4.78, 5) is 11.9. The maximum Gasteiger partial charge on any atom is 0.416 e. The van der Waals surface area contributed by atoms with E-state index in [2.05, 4.69) is 15.9 Å². The number of hydrogen-bond donors (Lipinski definition) is 1. The van der Waals surface area contributed by atoms with E-state index in [1.807, 2.05) is 0 Å². The van der Waals surface area contributed by atoms with Crippen LogP contribution in [0.5, 0.6) is 0 Å².